The molecule has 1 fully saturated rings. The molecule has 0 saturated heterocycles. The fourth-order valence-electron chi connectivity index (χ4n) is 2.89. The topological polar surface area (TPSA) is 58.4 Å². The zero-order chi connectivity index (χ0) is 14.2. The van der Waals surface area contributed by atoms with Gasteiger partial charge in [-0.2, -0.15) is 0 Å². The van der Waals surface area contributed by atoms with Crippen LogP contribution >= 0.6 is 0 Å². The third kappa shape index (κ3) is 2.86. The minimum atomic E-state index is -0.573. The highest BCUT2D eigenvalue weighted by atomic mass is 16.1. The number of amides is 1. The van der Waals surface area contributed by atoms with Crippen LogP contribution in [0.15, 0.2) is 24.3 Å². The average molecular weight is 273 g/mol. The van der Waals surface area contributed by atoms with E-state index < -0.39 is 5.54 Å². The maximum absolute atomic E-state index is 11.7. The van der Waals surface area contributed by atoms with E-state index in [4.69, 9.17) is 5.73 Å². The Bertz CT molecular complexity index is 487. The van der Waals surface area contributed by atoms with Crippen molar-refractivity contribution in [3.8, 4) is 0 Å². The van der Waals surface area contributed by atoms with Gasteiger partial charge in [0.2, 0.25) is 5.91 Å². The van der Waals surface area contributed by atoms with E-state index in [-0.39, 0.29) is 5.91 Å². The first-order chi connectivity index (χ1) is 9.57. The monoisotopic (exact) mass is 273 g/mol. The number of carbonyl (C=O) groups is 1. The van der Waals surface area contributed by atoms with Crippen molar-refractivity contribution in [1.29, 1.82) is 0 Å². The lowest BCUT2D eigenvalue weighted by Crippen LogP contribution is -2.55. The van der Waals surface area contributed by atoms with Gasteiger partial charge in [-0.25, -0.2) is 0 Å². The number of nitrogens with zero attached hydrogens (tertiary/aromatic N) is 1. The van der Waals surface area contributed by atoms with E-state index in [9.17, 15) is 4.79 Å². The van der Waals surface area contributed by atoms with Crippen LogP contribution in [0.1, 0.15) is 37.3 Å². The molecule has 4 heteroatoms. The summed E-state index contributed by atoms with van der Waals surface area (Å²) in [6.07, 6.45) is 3.10. The molecule has 3 rings (SSSR count). The second-order valence-corrected chi connectivity index (χ2v) is 6.34. The number of benzene rings is 1. The Balaban J connectivity index is 1.57. The van der Waals surface area contributed by atoms with Gasteiger partial charge in [0.25, 0.3) is 0 Å². The first kappa shape index (κ1) is 13.6. The molecule has 2 aliphatic rings. The smallest absolute Gasteiger partial charge is 0.237 e. The Morgan fingerprint density at radius 1 is 1.35 bits per heavy atom. The van der Waals surface area contributed by atoms with E-state index >= 15 is 0 Å². The standard InChI is InChI=1S/C16H23N3O/c1-16(15(17)20,18-14-6-7-14)8-9-19-10-12-4-2-3-5-13(12)11-19/h2-5,14,18H,6-11H2,1H3,(H2,17,20). The van der Waals surface area contributed by atoms with Crippen molar-refractivity contribution in [2.45, 2.75) is 50.9 Å². The molecule has 1 unspecified atom stereocenters. The molecular weight excluding hydrogens is 250 g/mol. The molecule has 1 aromatic carbocycles. The van der Waals surface area contributed by atoms with Gasteiger partial charge in [0.05, 0.1) is 5.54 Å². The first-order valence-electron chi connectivity index (χ1n) is 7.43. The van der Waals surface area contributed by atoms with Crippen molar-refractivity contribution in [2.75, 3.05) is 6.54 Å². The van der Waals surface area contributed by atoms with Crippen LogP contribution in [-0.4, -0.2) is 28.9 Å². The maximum atomic E-state index is 11.7. The molecule has 1 aromatic rings. The van der Waals surface area contributed by atoms with Gasteiger partial charge in [-0.3, -0.25) is 9.69 Å². The molecule has 108 valence electrons. The van der Waals surface area contributed by atoms with Crippen LogP contribution in [0, 0.1) is 0 Å². The van der Waals surface area contributed by atoms with E-state index in [1.54, 1.807) is 0 Å². The molecule has 0 spiro atoms. The van der Waals surface area contributed by atoms with Gasteiger partial charge < -0.3 is 11.1 Å². The van der Waals surface area contributed by atoms with Crippen molar-refractivity contribution in [3.63, 3.8) is 0 Å². The van der Waals surface area contributed by atoms with Gasteiger partial charge in [0.1, 0.15) is 0 Å². The van der Waals surface area contributed by atoms with Crippen LogP contribution < -0.4 is 11.1 Å². The number of primary amides is 1. The van der Waals surface area contributed by atoms with Crippen molar-refractivity contribution in [3.05, 3.63) is 35.4 Å². The number of fused-ring (bicyclic) bond motifs is 1. The van der Waals surface area contributed by atoms with E-state index in [1.807, 2.05) is 6.92 Å². The van der Waals surface area contributed by atoms with Crippen LogP contribution in [0.3, 0.4) is 0 Å². The van der Waals surface area contributed by atoms with Crippen LogP contribution in [0.2, 0.25) is 0 Å². The van der Waals surface area contributed by atoms with Gasteiger partial charge in [-0.15, -0.1) is 0 Å². The summed E-state index contributed by atoms with van der Waals surface area (Å²) in [6.45, 7) is 4.80. The molecule has 3 N–H and O–H groups in total. The minimum Gasteiger partial charge on any atom is -0.368 e. The Kier molecular flexibility index (Phi) is 3.52. The zero-order valence-corrected chi connectivity index (χ0v) is 12.1. The SMILES string of the molecule is CC(CCN1Cc2ccccc2C1)(NC1CC1)C(N)=O. The Morgan fingerprint density at radius 3 is 2.45 bits per heavy atom. The number of rotatable bonds is 6. The summed E-state index contributed by atoms with van der Waals surface area (Å²) in [5.74, 6) is -0.235. The van der Waals surface area contributed by atoms with Crippen molar-refractivity contribution in [1.82, 2.24) is 10.2 Å². The molecule has 1 heterocycles. The highest BCUT2D eigenvalue weighted by molar-refractivity contribution is 5.84. The number of nitrogens with one attached hydrogen (secondary N) is 1. The molecule has 20 heavy (non-hydrogen) atoms. The summed E-state index contributed by atoms with van der Waals surface area (Å²) < 4.78 is 0. The number of nitrogens with two attached hydrogens (primary N) is 1. The highest BCUT2D eigenvalue weighted by Gasteiger charge is 2.37. The predicted molar refractivity (Wildman–Crippen MR) is 78.9 cm³/mol. The molecule has 1 aliphatic carbocycles. The fraction of sp³-hybridized carbons (Fsp3) is 0.562. The first-order valence-corrected chi connectivity index (χ1v) is 7.43. The van der Waals surface area contributed by atoms with Crippen LogP contribution in [-0.2, 0) is 17.9 Å². The summed E-state index contributed by atoms with van der Waals surface area (Å²) in [4.78, 5) is 14.1. The van der Waals surface area contributed by atoms with Gasteiger partial charge in [0, 0.05) is 25.7 Å². The zero-order valence-electron chi connectivity index (χ0n) is 12.1. The quantitative estimate of drug-likeness (QED) is 0.823. The van der Waals surface area contributed by atoms with Gasteiger partial charge >= 0.3 is 0 Å². The lowest BCUT2D eigenvalue weighted by molar-refractivity contribution is -0.124. The second-order valence-electron chi connectivity index (χ2n) is 6.34. The molecule has 0 bridgehead atoms. The normalized spacial score (nSPS) is 21.4. The summed E-state index contributed by atoms with van der Waals surface area (Å²) in [5, 5.41) is 3.41. The van der Waals surface area contributed by atoms with Crippen molar-refractivity contribution in [2.24, 2.45) is 5.73 Å². The van der Waals surface area contributed by atoms with Crippen LogP contribution in [0.5, 0.6) is 0 Å². The summed E-state index contributed by atoms with van der Waals surface area (Å²) in [7, 11) is 0. The maximum Gasteiger partial charge on any atom is 0.237 e. The van der Waals surface area contributed by atoms with Gasteiger partial charge in [-0.05, 0) is 37.3 Å². The molecule has 4 nitrogen and oxygen atoms in total. The summed E-state index contributed by atoms with van der Waals surface area (Å²) >= 11 is 0. The van der Waals surface area contributed by atoms with E-state index in [0.29, 0.717) is 6.04 Å². The molecular formula is C16H23N3O. The average Bonchev–Trinajstić information content (AvgIpc) is 3.12. The molecule has 1 amide bonds. The predicted octanol–water partition coefficient (Wildman–Crippen LogP) is 1.39. The number of hydrogen-bond acceptors (Lipinski definition) is 3. The lowest BCUT2D eigenvalue weighted by Gasteiger charge is -2.29. The fourth-order valence-corrected chi connectivity index (χ4v) is 2.89. The molecule has 0 aromatic heterocycles. The summed E-state index contributed by atoms with van der Waals surface area (Å²) in [6, 6.07) is 9.04. The van der Waals surface area contributed by atoms with Crippen molar-refractivity contribution < 1.29 is 4.79 Å². The molecule has 1 saturated carbocycles. The highest BCUT2D eigenvalue weighted by Crippen LogP contribution is 2.26. The second kappa shape index (κ2) is 5.19. The van der Waals surface area contributed by atoms with E-state index in [0.717, 1.165) is 38.9 Å². The Hall–Kier alpha value is -1.39. The van der Waals surface area contributed by atoms with Crippen LogP contribution in [0.4, 0.5) is 0 Å². The summed E-state index contributed by atoms with van der Waals surface area (Å²) in [5.41, 5.74) is 7.83. The third-order valence-corrected chi connectivity index (χ3v) is 4.48. The number of carbonyl (C=O) groups excluding carboxylic acids is 1. The molecule has 1 aliphatic heterocycles. The van der Waals surface area contributed by atoms with Gasteiger partial charge in [-0.1, -0.05) is 24.3 Å². The van der Waals surface area contributed by atoms with E-state index in [1.165, 1.54) is 11.1 Å². The Labute approximate surface area is 120 Å². The minimum absolute atomic E-state index is 0.235. The third-order valence-electron chi connectivity index (χ3n) is 4.48. The lowest BCUT2D eigenvalue weighted by atomic mass is 9.96. The van der Waals surface area contributed by atoms with E-state index in [2.05, 4.69) is 34.5 Å². The largest absolute Gasteiger partial charge is 0.368 e. The van der Waals surface area contributed by atoms with Crippen molar-refractivity contribution >= 4 is 5.91 Å². The Morgan fingerprint density at radius 2 is 1.95 bits per heavy atom. The number of hydrogen-bond donors (Lipinski definition) is 2. The van der Waals surface area contributed by atoms with Crippen LogP contribution in [0.25, 0.3) is 0 Å². The molecule has 0 radical (unpaired) electrons. The molecule has 1 atom stereocenters. The van der Waals surface area contributed by atoms with Gasteiger partial charge in [0.15, 0.2) is 0 Å².